The summed E-state index contributed by atoms with van der Waals surface area (Å²) in [4.78, 5) is 10.7. The molecule has 0 aliphatic carbocycles. The van der Waals surface area contributed by atoms with Gasteiger partial charge in [0.05, 0.1) is 0 Å². The van der Waals surface area contributed by atoms with Crippen molar-refractivity contribution in [1.29, 1.82) is 0 Å². The molecule has 0 fully saturated rings. The van der Waals surface area contributed by atoms with E-state index in [1.54, 1.807) is 0 Å². The van der Waals surface area contributed by atoms with Crippen molar-refractivity contribution in [2.24, 2.45) is 5.41 Å². The fraction of sp³-hybridized carbons (Fsp3) is 0.889. The van der Waals surface area contributed by atoms with E-state index in [9.17, 15) is 4.79 Å². The summed E-state index contributed by atoms with van der Waals surface area (Å²) >= 11 is 0. The summed E-state index contributed by atoms with van der Waals surface area (Å²) in [7, 11) is 2.03. The molecule has 0 spiro atoms. The van der Waals surface area contributed by atoms with E-state index in [1.165, 1.54) is 0 Å². The molecule has 0 aromatic heterocycles. The smallest absolute Gasteiger partial charge is 0.320 e. The van der Waals surface area contributed by atoms with E-state index < -0.39 is 0 Å². The molecule has 2 nitrogen and oxygen atoms in total. The van der Waals surface area contributed by atoms with Gasteiger partial charge >= 0.3 is 5.71 Å². The second-order valence-corrected chi connectivity index (χ2v) is 5.39. The van der Waals surface area contributed by atoms with E-state index in [4.69, 9.17) is 4.74 Å². The highest BCUT2D eigenvalue weighted by atomic mass is 31.0. The Morgan fingerprint density at radius 2 is 1.67 bits per heavy atom. The summed E-state index contributed by atoms with van der Waals surface area (Å²) in [6.07, 6.45) is 0.861. The molecule has 0 aromatic rings. The van der Waals surface area contributed by atoms with Gasteiger partial charge in [0.15, 0.2) is 0 Å². The number of hydrogen-bond acceptors (Lipinski definition) is 2. The van der Waals surface area contributed by atoms with Crippen LogP contribution in [0.5, 0.6) is 0 Å². The third kappa shape index (κ3) is 6.60. The van der Waals surface area contributed by atoms with Gasteiger partial charge in [-0.2, -0.15) is 0 Å². The molecule has 0 aromatic carbocycles. The van der Waals surface area contributed by atoms with Crippen molar-refractivity contribution >= 4 is 15.0 Å². The lowest BCUT2D eigenvalue weighted by Crippen LogP contribution is -2.30. The molecule has 1 unspecified atom stereocenters. The monoisotopic (exact) mass is 190 g/mol. The Labute approximate surface area is 77.3 Å². The molecule has 3 heteroatoms. The van der Waals surface area contributed by atoms with Crippen LogP contribution in [-0.4, -0.2) is 11.3 Å². The molecule has 0 aliphatic rings. The lowest BCUT2D eigenvalue weighted by Gasteiger charge is -2.31. The minimum Gasteiger partial charge on any atom is -0.457 e. The lowest BCUT2D eigenvalue weighted by molar-refractivity contribution is 0.0255. The molecular weight excluding hydrogens is 171 g/mol. The largest absolute Gasteiger partial charge is 0.457 e. The summed E-state index contributed by atoms with van der Waals surface area (Å²) < 4.78 is 5.14. The molecule has 0 heterocycles. The van der Waals surface area contributed by atoms with Gasteiger partial charge in [-0.25, -0.2) is 4.79 Å². The molecule has 12 heavy (non-hydrogen) atoms. The van der Waals surface area contributed by atoms with Gasteiger partial charge in [0, 0.05) is 0 Å². The summed E-state index contributed by atoms with van der Waals surface area (Å²) in [5.74, 6) is 0. The first kappa shape index (κ1) is 11.9. The molecule has 72 valence electrons. The van der Waals surface area contributed by atoms with Crippen molar-refractivity contribution < 1.29 is 9.53 Å². The van der Waals surface area contributed by atoms with Crippen molar-refractivity contribution in [1.82, 2.24) is 0 Å². The SMILES string of the molecule is CC(C)(C)CC(C)(C)OC(=O)P. The van der Waals surface area contributed by atoms with E-state index in [1.807, 2.05) is 23.1 Å². The zero-order chi connectivity index (χ0) is 9.99. The topological polar surface area (TPSA) is 26.3 Å². The highest BCUT2D eigenvalue weighted by Gasteiger charge is 2.27. The van der Waals surface area contributed by atoms with Crippen LogP contribution in [0.25, 0.3) is 0 Å². The Bertz CT molecular complexity index is 168. The van der Waals surface area contributed by atoms with E-state index >= 15 is 0 Å². The van der Waals surface area contributed by atoms with Crippen LogP contribution in [0, 0.1) is 5.41 Å². The average molecular weight is 190 g/mol. The van der Waals surface area contributed by atoms with Crippen molar-refractivity contribution in [3.8, 4) is 0 Å². The number of carbonyl (C=O) groups is 1. The van der Waals surface area contributed by atoms with Crippen LogP contribution in [0.1, 0.15) is 41.0 Å². The molecule has 0 saturated heterocycles. The number of ether oxygens (including phenoxy) is 1. The highest BCUT2D eigenvalue weighted by molar-refractivity contribution is 7.39. The Morgan fingerprint density at radius 1 is 1.25 bits per heavy atom. The van der Waals surface area contributed by atoms with Gasteiger partial charge < -0.3 is 4.74 Å². The standard InChI is InChI=1S/C9H19O2P/c1-8(2,3)6-9(4,5)11-7(10)12/h6,12H2,1-5H3. The summed E-state index contributed by atoms with van der Waals surface area (Å²) in [5.41, 5.74) is -0.468. The fourth-order valence-electron chi connectivity index (χ4n) is 1.59. The number of rotatable bonds is 2. The maximum absolute atomic E-state index is 10.7. The maximum atomic E-state index is 10.7. The van der Waals surface area contributed by atoms with Crippen molar-refractivity contribution in [3.05, 3.63) is 0 Å². The third-order valence-corrected chi connectivity index (χ3v) is 1.45. The highest BCUT2D eigenvalue weighted by Crippen LogP contribution is 2.29. The van der Waals surface area contributed by atoms with Gasteiger partial charge in [-0.05, 0) is 34.9 Å². The van der Waals surface area contributed by atoms with Gasteiger partial charge in [-0.15, -0.1) is 0 Å². The Balaban J connectivity index is 4.13. The van der Waals surface area contributed by atoms with Crippen molar-refractivity contribution in [2.75, 3.05) is 0 Å². The first-order chi connectivity index (χ1) is 5.12. The molecule has 0 saturated carbocycles. The van der Waals surface area contributed by atoms with E-state index in [0.717, 1.165) is 6.42 Å². The molecule has 1 atom stereocenters. The Morgan fingerprint density at radius 3 is 1.92 bits per heavy atom. The minimum absolute atomic E-state index is 0.184. The Hall–Kier alpha value is -0.100. The van der Waals surface area contributed by atoms with Crippen molar-refractivity contribution in [3.63, 3.8) is 0 Å². The molecule has 0 rings (SSSR count). The fourth-order valence-corrected chi connectivity index (χ4v) is 1.90. The van der Waals surface area contributed by atoms with Gasteiger partial charge in [-0.1, -0.05) is 20.8 Å². The Kier molecular flexibility index (Phi) is 3.71. The summed E-state index contributed by atoms with van der Waals surface area (Å²) in [5, 5.41) is 0. The molecule has 0 radical (unpaired) electrons. The predicted molar refractivity (Wildman–Crippen MR) is 54.3 cm³/mol. The number of carbonyl (C=O) groups excluding carboxylic acids is 1. The average Bonchev–Trinajstić information content (AvgIpc) is 1.48. The first-order valence-corrected chi connectivity index (χ1v) is 4.69. The second kappa shape index (κ2) is 3.74. The van der Waals surface area contributed by atoms with Crippen molar-refractivity contribution in [2.45, 2.75) is 46.6 Å². The zero-order valence-electron chi connectivity index (χ0n) is 8.60. The summed E-state index contributed by atoms with van der Waals surface area (Å²) in [6, 6.07) is 0. The predicted octanol–water partition coefficient (Wildman–Crippen LogP) is 3.21. The van der Waals surface area contributed by atoms with Gasteiger partial charge in [0.2, 0.25) is 0 Å². The number of hydrogen-bond donors (Lipinski definition) is 0. The van der Waals surface area contributed by atoms with Crippen LogP contribution in [0.4, 0.5) is 4.79 Å². The summed E-state index contributed by atoms with van der Waals surface area (Å²) in [6.45, 7) is 10.3. The van der Waals surface area contributed by atoms with Crippen LogP contribution in [0.15, 0.2) is 0 Å². The van der Waals surface area contributed by atoms with Crippen LogP contribution in [0.2, 0.25) is 0 Å². The van der Waals surface area contributed by atoms with E-state index in [2.05, 4.69) is 20.8 Å². The van der Waals surface area contributed by atoms with Crippen LogP contribution in [-0.2, 0) is 4.74 Å². The minimum atomic E-state index is -0.364. The van der Waals surface area contributed by atoms with Gasteiger partial charge in [-0.3, -0.25) is 0 Å². The van der Waals surface area contributed by atoms with Gasteiger partial charge in [0.25, 0.3) is 0 Å². The second-order valence-electron chi connectivity index (χ2n) is 4.92. The van der Waals surface area contributed by atoms with Crippen LogP contribution < -0.4 is 0 Å². The molecule has 0 aliphatic heterocycles. The molecule has 0 N–H and O–H groups in total. The van der Waals surface area contributed by atoms with Crippen LogP contribution in [0.3, 0.4) is 0 Å². The molecular formula is C9H19O2P. The maximum Gasteiger partial charge on any atom is 0.320 e. The lowest BCUT2D eigenvalue weighted by atomic mass is 9.84. The van der Waals surface area contributed by atoms with Gasteiger partial charge in [0.1, 0.15) is 5.60 Å². The molecule has 0 amide bonds. The normalized spacial score (nSPS) is 12.8. The first-order valence-electron chi connectivity index (χ1n) is 4.11. The molecule has 0 bridgehead atoms. The van der Waals surface area contributed by atoms with Crippen LogP contribution >= 0.6 is 9.24 Å². The van der Waals surface area contributed by atoms with E-state index in [-0.39, 0.29) is 16.7 Å². The zero-order valence-corrected chi connectivity index (χ0v) is 9.76. The third-order valence-electron chi connectivity index (χ3n) is 1.33. The van der Waals surface area contributed by atoms with E-state index in [0.29, 0.717) is 0 Å². The quantitative estimate of drug-likeness (QED) is 0.625.